The molecule has 0 aliphatic carbocycles. The van der Waals surface area contributed by atoms with Crippen LogP contribution in [0.25, 0.3) is 10.9 Å². The van der Waals surface area contributed by atoms with Gasteiger partial charge in [-0.2, -0.15) is 0 Å². The average molecular weight is 255 g/mol. The highest BCUT2D eigenvalue weighted by molar-refractivity contribution is 9.10. The van der Waals surface area contributed by atoms with E-state index in [4.69, 9.17) is 4.74 Å². The molecule has 2 aromatic rings. The van der Waals surface area contributed by atoms with Crippen molar-refractivity contribution >= 4 is 26.8 Å². The van der Waals surface area contributed by atoms with Crippen LogP contribution in [0.15, 0.2) is 29.1 Å². The molecule has 0 atom stereocenters. The molecule has 0 unspecified atom stereocenters. The van der Waals surface area contributed by atoms with E-state index in [1.807, 2.05) is 12.3 Å². The van der Waals surface area contributed by atoms with Gasteiger partial charge in [-0.1, -0.05) is 0 Å². The SMILES string of the molecule is COCCn1ccc2cnc(Br)cc21. The number of nitrogens with zero attached hydrogens (tertiary/aromatic N) is 2. The van der Waals surface area contributed by atoms with Crippen molar-refractivity contribution in [1.82, 2.24) is 9.55 Å². The van der Waals surface area contributed by atoms with E-state index in [2.05, 4.69) is 37.7 Å². The summed E-state index contributed by atoms with van der Waals surface area (Å²) in [6.45, 7) is 1.60. The summed E-state index contributed by atoms with van der Waals surface area (Å²) < 4.78 is 8.07. The van der Waals surface area contributed by atoms with Crippen LogP contribution in [0.5, 0.6) is 0 Å². The third kappa shape index (κ3) is 1.81. The van der Waals surface area contributed by atoms with Gasteiger partial charge in [-0.05, 0) is 28.1 Å². The monoisotopic (exact) mass is 254 g/mol. The van der Waals surface area contributed by atoms with Crippen molar-refractivity contribution in [2.24, 2.45) is 0 Å². The Hall–Kier alpha value is -0.870. The Balaban J connectivity index is 2.40. The summed E-state index contributed by atoms with van der Waals surface area (Å²) in [5.41, 5.74) is 1.18. The molecule has 0 saturated heterocycles. The van der Waals surface area contributed by atoms with Crippen LogP contribution in [-0.2, 0) is 11.3 Å². The first-order valence-electron chi connectivity index (χ1n) is 4.40. The van der Waals surface area contributed by atoms with Gasteiger partial charge in [0, 0.05) is 31.4 Å². The lowest BCUT2D eigenvalue weighted by atomic mass is 10.3. The predicted molar refractivity (Wildman–Crippen MR) is 59.3 cm³/mol. The van der Waals surface area contributed by atoms with Crippen LogP contribution in [0.3, 0.4) is 0 Å². The Bertz CT molecular complexity index is 439. The van der Waals surface area contributed by atoms with E-state index in [1.54, 1.807) is 7.11 Å². The first-order valence-corrected chi connectivity index (χ1v) is 5.20. The highest BCUT2D eigenvalue weighted by Gasteiger charge is 2.01. The Morgan fingerprint density at radius 3 is 3.21 bits per heavy atom. The van der Waals surface area contributed by atoms with Crippen LogP contribution in [0, 0.1) is 0 Å². The van der Waals surface area contributed by atoms with Crippen molar-refractivity contribution in [3.8, 4) is 0 Å². The van der Waals surface area contributed by atoms with Crippen molar-refractivity contribution in [3.63, 3.8) is 0 Å². The lowest BCUT2D eigenvalue weighted by molar-refractivity contribution is 0.188. The molecule has 0 N–H and O–H groups in total. The number of hydrogen-bond donors (Lipinski definition) is 0. The van der Waals surface area contributed by atoms with E-state index in [0.29, 0.717) is 0 Å². The molecule has 0 amide bonds. The van der Waals surface area contributed by atoms with Crippen LogP contribution < -0.4 is 0 Å². The standard InChI is InChI=1S/C10H11BrN2O/c1-14-5-4-13-3-2-8-7-12-10(11)6-9(8)13/h2-3,6-7H,4-5H2,1H3. The van der Waals surface area contributed by atoms with Gasteiger partial charge in [0.25, 0.3) is 0 Å². The molecule has 0 spiro atoms. The highest BCUT2D eigenvalue weighted by atomic mass is 79.9. The minimum Gasteiger partial charge on any atom is -0.383 e. The lowest BCUT2D eigenvalue weighted by Crippen LogP contribution is -2.02. The van der Waals surface area contributed by atoms with E-state index in [-0.39, 0.29) is 0 Å². The molecular formula is C10H11BrN2O. The number of ether oxygens (including phenoxy) is 1. The summed E-state index contributed by atoms with van der Waals surface area (Å²) in [4.78, 5) is 4.17. The third-order valence-corrected chi connectivity index (χ3v) is 2.59. The Labute approximate surface area is 90.8 Å². The zero-order valence-corrected chi connectivity index (χ0v) is 9.49. The normalized spacial score (nSPS) is 11.0. The fourth-order valence-corrected chi connectivity index (χ4v) is 1.76. The summed E-state index contributed by atoms with van der Waals surface area (Å²) >= 11 is 3.36. The summed E-state index contributed by atoms with van der Waals surface area (Å²) in [5, 5.41) is 1.16. The van der Waals surface area contributed by atoms with E-state index in [1.165, 1.54) is 5.52 Å². The van der Waals surface area contributed by atoms with E-state index in [0.717, 1.165) is 23.1 Å². The van der Waals surface area contributed by atoms with Gasteiger partial charge in [0.1, 0.15) is 4.60 Å². The second kappa shape index (κ2) is 4.11. The number of pyridine rings is 1. The van der Waals surface area contributed by atoms with E-state index < -0.39 is 0 Å². The Morgan fingerprint density at radius 2 is 2.43 bits per heavy atom. The molecule has 74 valence electrons. The first kappa shape index (κ1) is 9.68. The fourth-order valence-electron chi connectivity index (χ4n) is 1.44. The van der Waals surface area contributed by atoms with Crippen molar-refractivity contribution in [3.05, 3.63) is 29.1 Å². The molecule has 4 heteroatoms. The molecule has 3 nitrogen and oxygen atoms in total. The number of methoxy groups -OCH3 is 1. The fraction of sp³-hybridized carbons (Fsp3) is 0.300. The molecule has 14 heavy (non-hydrogen) atoms. The molecule has 2 aromatic heterocycles. The minimum absolute atomic E-state index is 0.726. The van der Waals surface area contributed by atoms with Gasteiger partial charge in [0.2, 0.25) is 0 Å². The zero-order valence-electron chi connectivity index (χ0n) is 7.90. The number of rotatable bonds is 3. The van der Waals surface area contributed by atoms with Gasteiger partial charge in [0.15, 0.2) is 0 Å². The summed E-state index contributed by atoms with van der Waals surface area (Å²) in [6, 6.07) is 4.08. The summed E-state index contributed by atoms with van der Waals surface area (Å²) in [5.74, 6) is 0. The smallest absolute Gasteiger partial charge is 0.108 e. The molecule has 2 rings (SSSR count). The van der Waals surface area contributed by atoms with Crippen LogP contribution in [0.1, 0.15) is 0 Å². The molecular weight excluding hydrogens is 244 g/mol. The quantitative estimate of drug-likeness (QED) is 0.787. The maximum absolute atomic E-state index is 5.05. The molecule has 0 aliphatic rings. The van der Waals surface area contributed by atoms with Gasteiger partial charge in [-0.15, -0.1) is 0 Å². The second-order valence-electron chi connectivity index (χ2n) is 3.07. The summed E-state index contributed by atoms with van der Waals surface area (Å²) in [6.07, 6.45) is 3.92. The van der Waals surface area contributed by atoms with Gasteiger partial charge < -0.3 is 9.30 Å². The van der Waals surface area contributed by atoms with Crippen molar-refractivity contribution in [2.75, 3.05) is 13.7 Å². The maximum atomic E-state index is 5.05. The van der Waals surface area contributed by atoms with Crippen LogP contribution in [-0.4, -0.2) is 23.3 Å². The molecule has 0 aromatic carbocycles. The van der Waals surface area contributed by atoms with E-state index in [9.17, 15) is 0 Å². The molecule has 0 fully saturated rings. The second-order valence-corrected chi connectivity index (χ2v) is 3.88. The van der Waals surface area contributed by atoms with E-state index >= 15 is 0 Å². The lowest BCUT2D eigenvalue weighted by Gasteiger charge is -2.03. The molecule has 0 bridgehead atoms. The topological polar surface area (TPSA) is 27.1 Å². The van der Waals surface area contributed by atoms with Crippen molar-refractivity contribution < 1.29 is 4.74 Å². The van der Waals surface area contributed by atoms with Crippen LogP contribution >= 0.6 is 15.9 Å². The van der Waals surface area contributed by atoms with Gasteiger partial charge in [0.05, 0.1) is 12.1 Å². The number of hydrogen-bond acceptors (Lipinski definition) is 2. The average Bonchev–Trinajstić information content (AvgIpc) is 2.57. The number of fused-ring (bicyclic) bond motifs is 1. The Kier molecular flexibility index (Phi) is 2.84. The molecule has 2 heterocycles. The molecule has 0 saturated carbocycles. The largest absolute Gasteiger partial charge is 0.383 e. The third-order valence-electron chi connectivity index (χ3n) is 2.16. The predicted octanol–water partition coefficient (Wildman–Crippen LogP) is 2.45. The highest BCUT2D eigenvalue weighted by Crippen LogP contribution is 2.18. The number of aromatic nitrogens is 2. The summed E-state index contributed by atoms with van der Waals surface area (Å²) in [7, 11) is 1.71. The van der Waals surface area contributed by atoms with Gasteiger partial charge in [-0.25, -0.2) is 4.98 Å². The van der Waals surface area contributed by atoms with Crippen LogP contribution in [0.4, 0.5) is 0 Å². The maximum Gasteiger partial charge on any atom is 0.108 e. The van der Waals surface area contributed by atoms with Crippen LogP contribution in [0.2, 0.25) is 0 Å². The number of halogens is 1. The first-order chi connectivity index (χ1) is 6.81. The molecule has 0 radical (unpaired) electrons. The van der Waals surface area contributed by atoms with Gasteiger partial charge in [-0.3, -0.25) is 0 Å². The zero-order chi connectivity index (χ0) is 9.97. The van der Waals surface area contributed by atoms with Crippen molar-refractivity contribution in [1.29, 1.82) is 0 Å². The molecule has 0 aliphatic heterocycles. The minimum atomic E-state index is 0.726. The van der Waals surface area contributed by atoms with Gasteiger partial charge >= 0.3 is 0 Å². The Morgan fingerprint density at radius 1 is 1.57 bits per heavy atom. The van der Waals surface area contributed by atoms with Crippen molar-refractivity contribution in [2.45, 2.75) is 6.54 Å².